The van der Waals surface area contributed by atoms with Crippen LogP contribution in [0.4, 0.5) is 5.69 Å². The maximum Gasteiger partial charge on any atom is 0.273 e. The van der Waals surface area contributed by atoms with Gasteiger partial charge in [0.25, 0.3) is 5.91 Å². The van der Waals surface area contributed by atoms with Gasteiger partial charge in [-0.15, -0.1) is 0 Å². The van der Waals surface area contributed by atoms with Crippen LogP contribution in [0.15, 0.2) is 59.5 Å². The van der Waals surface area contributed by atoms with Gasteiger partial charge in [0, 0.05) is 17.5 Å². The lowest BCUT2D eigenvalue weighted by Crippen LogP contribution is -2.13. The van der Waals surface area contributed by atoms with Crippen LogP contribution < -0.4 is 5.32 Å². The molecule has 0 spiro atoms. The van der Waals surface area contributed by atoms with Crippen LogP contribution in [0.25, 0.3) is 11.3 Å². The number of aromatic amines is 1. The molecular weight excluding hydrogens is 338 g/mol. The molecule has 0 unspecified atom stereocenters. The van der Waals surface area contributed by atoms with Gasteiger partial charge in [-0.3, -0.25) is 9.89 Å². The molecule has 0 aliphatic rings. The second kappa shape index (κ2) is 6.52. The first-order valence-corrected chi connectivity index (χ1v) is 9.46. The van der Waals surface area contributed by atoms with Gasteiger partial charge in [-0.1, -0.05) is 36.4 Å². The Balaban J connectivity index is 1.85. The summed E-state index contributed by atoms with van der Waals surface area (Å²) >= 11 is 0. The fourth-order valence-electron chi connectivity index (χ4n) is 2.35. The number of aromatic nitrogens is 2. The second-order valence-electron chi connectivity index (χ2n) is 5.74. The van der Waals surface area contributed by atoms with Crippen LogP contribution in [0.2, 0.25) is 0 Å². The standard InChI is InChI=1S/C18H17N3O3S/c1-12-8-9-14(25(2,23)24)10-15(12)19-18(22)17-11-16(20-21-17)13-6-4-3-5-7-13/h3-11H,1-2H3,(H,19,22)(H,20,21). The highest BCUT2D eigenvalue weighted by atomic mass is 32.2. The third-order valence-electron chi connectivity index (χ3n) is 3.78. The van der Waals surface area contributed by atoms with E-state index >= 15 is 0 Å². The summed E-state index contributed by atoms with van der Waals surface area (Å²) < 4.78 is 23.4. The number of rotatable bonds is 4. The molecule has 6 nitrogen and oxygen atoms in total. The first-order chi connectivity index (χ1) is 11.8. The van der Waals surface area contributed by atoms with Gasteiger partial charge in [-0.2, -0.15) is 5.10 Å². The van der Waals surface area contributed by atoms with Crippen LogP contribution in [0.1, 0.15) is 16.1 Å². The average Bonchev–Trinajstić information content (AvgIpc) is 3.07. The van der Waals surface area contributed by atoms with Gasteiger partial charge >= 0.3 is 0 Å². The van der Waals surface area contributed by atoms with Gasteiger partial charge in [0.1, 0.15) is 5.69 Å². The first kappa shape index (κ1) is 16.9. The van der Waals surface area contributed by atoms with Crippen molar-refractivity contribution in [3.63, 3.8) is 0 Å². The van der Waals surface area contributed by atoms with Crippen molar-refractivity contribution in [2.75, 3.05) is 11.6 Å². The van der Waals surface area contributed by atoms with Crippen molar-refractivity contribution in [1.82, 2.24) is 10.2 Å². The summed E-state index contributed by atoms with van der Waals surface area (Å²) in [5.74, 6) is -0.386. The highest BCUT2D eigenvalue weighted by Crippen LogP contribution is 2.22. The zero-order valence-corrected chi connectivity index (χ0v) is 14.6. The van der Waals surface area contributed by atoms with Crippen LogP contribution in [0.3, 0.4) is 0 Å². The van der Waals surface area contributed by atoms with Crippen LogP contribution in [-0.4, -0.2) is 30.8 Å². The molecule has 3 rings (SSSR count). The van der Waals surface area contributed by atoms with Crippen molar-refractivity contribution < 1.29 is 13.2 Å². The summed E-state index contributed by atoms with van der Waals surface area (Å²) in [4.78, 5) is 12.6. The average molecular weight is 355 g/mol. The van der Waals surface area contributed by atoms with Gasteiger partial charge in [-0.25, -0.2) is 8.42 Å². The van der Waals surface area contributed by atoms with Crippen LogP contribution >= 0.6 is 0 Å². The molecule has 0 saturated heterocycles. The first-order valence-electron chi connectivity index (χ1n) is 7.57. The minimum Gasteiger partial charge on any atom is -0.320 e. The van der Waals surface area contributed by atoms with Crippen molar-refractivity contribution >= 4 is 21.4 Å². The number of anilines is 1. The largest absolute Gasteiger partial charge is 0.320 e. The van der Waals surface area contributed by atoms with E-state index in [1.807, 2.05) is 30.3 Å². The van der Waals surface area contributed by atoms with Crippen LogP contribution in [-0.2, 0) is 9.84 Å². The maximum absolute atomic E-state index is 12.4. The van der Waals surface area contributed by atoms with E-state index in [1.165, 1.54) is 12.1 Å². The van der Waals surface area contributed by atoms with E-state index in [1.54, 1.807) is 19.1 Å². The Labute approximate surface area is 145 Å². The quantitative estimate of drug-likeness (QED) is 0.752. The summed E-state index contributed by atoms with van der Waals surface area (Å²) in [5, 5.41) is 9.58. The molecule has 7 heteroatoms. The number of amides is 1. The van der Waals surface area contributed by atoms with E-state index in [4.69, 9.17) is 0 Å². The number of nitrogens with one attached hydrogen (secondary N) is 2. The maximum atomic E-state index is 12.4. The van der Waals surface area contributed by atoms with Crippen molar-refractivity contribution in [2.45, 2.75) is 11.8 Å². The molecule has 25 heavy (non-hydrogen) atoms. The van der Waals surface area contributed by atoms with E-state index in [9.17, 15) is 13.2 Å². The third kappa shape index (κ3) is 3.77. The Morgan fingerprint density at radius 1 is 1.08 bits per heavy atom. The van der Waals surface area contributed by atoms with E-state index in [0.29, 0.717) is 17.1 Å². The molecule has 1 aromatic heterocycles. The lowest BCUT2D eigenvalue weighted by atomic mass is 10.1. The molecule has 2 N–H and O–H groups in total. The topological polar surface area (TPSA) is 91.9 Å². The smallest absolute Gasteiger partial charge is 0.273 e. The molecule has 0 fully saturated rings. The number of hydrogen-bond acceptors (Lipinski definition) is 4. The minimum atomic E-state index is -3.35. The zero-order valence-electron chi connectivity index (χ0n) is 13.8. The summed E-state index contributed by atoms with van der Waals surface area (Å²) in [7, 11) is -3.35. The fourth-order valence-corrected chi connectivity index (χ4v) is 3.00. The second-order valence-corrected chi connectivity index (χ2v) is 7.75. The van der Waals surface area contributed by atoms with Crippen LogP contribution in [0.5, 0.6) is 0 Å². The lowest BCUT2D eigenvalue weighted by molar-refractivity contribution is 0.102. The Kier molecular flexibility index (Phi) is 4.41. The predicted molar refractivity (Wildman–Crippen MR) is 96.3 cm³/mol. The number of sulfone groups is 1. The Bertz CT molecular complexity index is 1020. The summed E-state index contributed by atoms with van der Waals surface area (Å²) in [5.41, 5.74) is 3.07. The molecule has 0 atom stereocenters. The number of aryl methyl sites for hydroxylation is 1. The molecule has 0 aliphatic heterocycles. The molecule has 128 valence electrons. The lowest BCUT2D eigenvalue weighted by Gasteiger charge is -2.09. The number of carbonyl (C=O) groups is 1. The number of H-pyrrole nitrogens is 1. The normalized spacial score (nSPS) is 11.3. The van der Waals surface area contributed by atoms with E-state index in [2.05, 4.69) is 15.5 Å². The molecule has 0 radical (unpaired) electrons. The van der Waals surface area contributed by atoms with Gasteiger partial charge in [0.05, 0.1) is 10.6 Å². The molecule has 2 aromatic carbocycles. The van der Waals surface area contributed by atoms with Gasteiger partial charge in [-0.05, 0) is 30.7 Å². The monoisotopic (exact) mass is 355 g/mol. The predicted octanol–water partition coefficient (Wildman–Crippen LogP) is 3.04. The summed E-state index contributed by atoms with van der Waals surface area (Å²) in [6, 6.07) is 15.8. The van der Waals surface area contributed by atoms with Crippen molar-refractivity contribution in [3.8, 4) is 11.3 Å². The van der Waals surface area contributed by atoms with E-state index in [-0.39, 0.29) is 10.8 Å². The van der Waals surface area contributed by atoms with Gasteiger partial charge < -0.3 is 5.32 Å². The highest BCUT2D eigenvalue weighted by molar-refractivity contribution is 7.90. The molecule has 1 amide bonds. The minimum absolute atomic E-state index is 0.156. The SMILES string of the molecule is Cc1ccc(S(C)(=O)=O)cc1NC(=O)c1cc(-c2ccccc2)n[nH]1. The summed E-state index contributed by atoms with van der Waals surface area (Å²) in [6.45, 7) is 1.80. The highest BCUT2D eigenvalue weighted by Gasteiger charge is 2.14. The molecule has 0 saturated carbocycles. The Morgan fingerprint density at radius 3 is 2.48 bits per heavy atom. The number of hydrogen-bond donors (Lipinski definition) is 2. The van der Waals surface area contributed by atoms with Crippen molar-refractivity contribution in [3.05, 3.63) is 65.9 Å². The number of carbonyl (C=O) groups excluding carboxylic acids is 1. The fraction of sp³-hybridized carbons (Fsp3) is 0.111. The van der Waals surface area contributed by atoms with Crippen LogP contribution in [0, 0.1) is 6.92 Å². The van der Waals surface area contributed by atoms with Crippen molar-refractivity contribution in [2.24, 2.45) is 0 Å². The molecule has 3 aromatic rings. The Hall–Kier alpha value is -2.93. The molecule has 0 bridgehead atoms. The number of benzene rings is 2. The molecule has 1 heterocycles. The van der Waals surface area contributed by atoms with Gasteiger partial charge in [0.15, 0.2) is 9.84 Å². The van der Waals surface area contributed by atoms with E-state index < -0.39 is 9.84 Å². The van der Waals surface area contributed by atoms with Gasteiger partial charge in [0.2, 0.25) is 0 Å². The third-order valence-corrected chi connectivity index (χ3v) is 4.89. The number of nitrogens with zero attached hydrogens (tertiary/aromatic N) is 1. The molecule has 0 aliphatic carbocycles. The Morgan fingerprint density at radius 2 is 1.80 bits per heavy atom. The van der Waals surface area contributed by atoms with Crippen molar-refractivity contribution in [1.29, 1.82) is 0 Å². The zero-order chi connectivity index (χ0) is 18.0. The van der Waals surface area contributed by atoms with E-state index in [0.717, 1.165) is 17.4 Å². The summed E-state index contributed by atoms with van der Waals surface area (Å²) in [6.07, 6.45) is 1.13. The molecular formula is C18H17N3O3S.